The van der Waals surface area contributed by atoms with Crippen LogP contribution < -0.4 is 5.73 Å². The fourth-order valence-corrected chi connectivity index (χ4v) is 2.20. The van der Waals surface area contributed by atoms with Gasteiger partial charge in [0.05, 0.1) is 0 Å². The van der Waals surface area contributed by atoms with Crippen LogP contribution in [0.5, 0.6) is 0 Å². The van der Waals surface area contributed by atoms with Crippen molar-refractivity contribution < 1.29 is 13.0 Å². The van der Waals surface area contributed by atoms with Gasteiger partial charge in [-0.15, -0.1) is 11.3 Å². The van der Waals surface area contributed by atoms with Gasteiger partial charge in [-0.05, 0) is 12.1 Å². The summed E-state index contributed by atoms with van der Waals surface area (Å²) in [6.45, 7) is 0.292. The Kier molecular flexibility index (Phi) is 2.28. The first-order valence-corrected chi connectivity index (χ1v) is 5.06. The largest absolute Gasteiger partial charge is 0.326 e. The molecule has 0 aliphatic rings. The molecule has 4 nitrogen and oxygen atoms in total. The molecule has 62 valence electrons. The molecule has 0 radical (unpaired) electrons. The van der Waals surface area contributed by atoms with Gasteiger partial charge in [0, 0.05) is 11.4 Å². The lowest BCUT2D eigenvalue weighted by molar-refractivity contribution is 0.485. The number of rotatable bonds is 2. The Morgan fingerprint density at radius 1 is 1.55 bits per heavy atom. The molecule has 6 heteroatoms. The van der Waals surface area contributed by atoms with Crippen LogP contribution in [0.3, 0.4) is 0 Å². The third kappa shape index (κ3) is 2.00. The molecule has 0 atom stereocenters. The van der Waals surface area contributed by atoms with E-state index in [-0.39, 0.29) is 4.21 Å². The molecule has 0 aliphatic heterocycles. The lowest BCUT2D eigenvalue weighted by Crippen LogP contribution is -1.94. The topological polar surface area (TPSA) is 80.4 Å². The van der Waals surface area contributed by atoms with Crippen LogP contribution >= 0.6 is 11.3 Å². The highest BCUT2D eigenvalue weighted by atomic mass is 32.3. The molecule has 0 fully saturated rings. The van der Waals surface area contributed by atoms with Gasteiger partial charge < -0.3 is 5.73 Å². The van der Waals surface area contributed by atoms with Gasteiger partial charge >= 0.3 is 10.1 Å². The molecule has 0 saturated heterocycles. The highest BCUT2D eigenvalue weighted by Gasteiger charge is 2.11. The van der Waals surface area contributed by atoms with E-state index in [1.54, 1.807) is 6.07 Å². The predicted octanol–water partition coefficient (Wildman–Crippen LogP) is 0.454. The van der Waals surface area contributed by atoms with Gasteiger partial charge in [-0.1, -0.05) is 0 Å². The quantitative estimate of drug-likeness (QED) is 0.668. The van der Waals surface area contributed by atoms with Crippen molar-refractivity contribution in [2.45, 2.75) is 10.8 Å². The minimum Gasteiger partial charge on any atom is -0.326 e. The maximum absolute atomic E-state index is 10.5. The summed E-state index contributed by atoms with van der Waals surface area (Å²) in [7, 11) is -4.03. The van der Waals surface area contributed by atoms with E-state index < -0.39 is 10.1 Å². The van der Waals surface area contributed by atoms with E-state index in [9.17, 15) is 8.42 Å². The molecule has 1 aromatic rings. The van der Waals surface area contributed by atoms with Crippen molar-refractivity contribution in [3.63, 3.8) is 0 Å². The molecule has 0 aliphatic carbocycles. The summed E-state index contributed by atoms with van der Waals surface area (Å²) in [6.07, 6.45) is 0. The Morgan fingerprint density at radius 3 is 2.45 bits per heavy atom. The zero-order chi connectivity index (χ0) is 8.48. The number of hydrogen-bond donors (Lipinski definition) is 2. The molecule has 3 N–H and O–H groups in total. The molecule has 0 unspecified atom stereocenters. The Hall–Kier alpha value is -0.430. The van der Waals surface area contributed by atoms with Gasteiger partial charge in [-0.25, -0.2) is 0 Å². The zero-order valence-electron chi connectivity index (χ0n) is 5.52. The summed E-state index contributed by atoms with van der Waals surface area (Å²) in [4.78, 5) is 0.734. The summed E-state index contributed by atoms with van der Waals surface area (Å²) >= 11 is 0.977. The van der Waals surface area contributed by atoms with E-state index in [1.807, 2.05) is 0 Å². The SMILES string of the molecule is NCc1ccc(S(=O)(=O)O)s1. The van der Waals surface area contributed by atoms with E-state index in [4.69, 9.17) is 10.3 Å². The van der Waals surface area contributed by atoms with E-state index in [0.29, 0.717) is 6.54 Å². The summed E-state index contributed by atoms with van der Waals surface area (Å²) in [5, 5.41) is 0. The Labute approximate surface area is 68.4 Å². The van der Waals surface area contributed by atoms with E-state index >= 15 is 0 Å². The fourth-order valence-electron chi connectivity index (χ4n) is 0.607. The second-order valence-corrected chi connectivity index (χ2v) is 4.72. The molecule has 11 heavy (non-hydrogen) atoms. The highest BCUT2D eigenvalue weighted by Crippen LogP contribution is 2.20. The first-order chi connectivity index (χ1) is 5.04. The molecule has 0 aromatic carbocycles. The van der Waals surface area contributed by atoms with E-state index in [1.165, 1.54) is 6.07 Å². The van der Waals surface area contributed by atoms with Crippen LogP contribution in [0, 0.1) is 0 Å². The lowest BCUT2D eigenvalue weighted by Gasteiger charge is -1.87. The minimum absolute atomic E-state index is 0.0575. The Morgan fingerprint density at radius 2 is 2.18 bits per heavy atom. The van der Waals surface area contributed by atoms with Gasteiger partial charge in [-0.2, -0.15) is 8.42 Å². The summed E-state index contributed by atoms with van der Waals surface area (Å²) in [5.74, 6) is 0. The lowest BCUT2D eigenvalue weighted by atomic mass is 10.5. The molecule has 0 spiro atoms. The van der Waals surface area contributed by atoms with Crippen molar-refractivity contribution in [1.82, 2.24) is 0 Å². The zero-order valence-corrected chi connectivity index (χ0v) is 7.15. The molecule has 0 amide bonds. The normalized spacial score (nSPS) is 11.8. The molecular formula is C5H7NO3S2. The van der Waals surface area contributed by atoms with E-state index in [0.717, 1.165) is 16.2 Å². The Balaban J connectivity index is 3.09. The van der Waals surface area contributed by atoms with Crippen LogP contribution in [-0.2, 0) is 16.7 Å². The monoisotopic (exact) mass is 193 g/mol. The van der Waals surface area contributed by atoms with Crippen molar-refractivity contribution in [3.8, 4) is 0 Å². The molecule has 1 heterocycles. The second kappa shape index (κ2) is 2.90. The second-order valence-electron chi connectivity index (χ2n) is 1.90. The summed E-state index contributed by atoms with van der Waals surface area (Å²) in [5.41, 5.74) is 5.24. The Bertz CT molecular complexity index is 340. The van der Waals surface area contributed by atoms with Crippen molar-refractivity contribution in [3.05, 3.63) is 17.0 Å². The van der Waals surface area contributed by atoms with Crippen LogP contribution in [0.2, 0.25) is 0 Å². The van der Waals surface area contributed by atoms with Crippen LogP contribution in [-0.4, -0.2) is 13.0 Å². The van der Waals surface area contributed by atoms with Crippen LogP contribution in [0.25, 0.3) is 0 Å². The molecule has 1 aromatic heterocycles. The average molecular weight is 193 g/mol. The third-order valence-corrected chi connectivity index (χ3v) is 3.52. The fraction of sp³-hybridized carbons (Fsp3) is 0.200. The smallest absolute Gasteiger partial charge is 0.304 e. The van der Waals surface area contributed by atoms with Crippen molar-refractivity contribution in [2.24, 2.45) is 5.73 Å². The molecule has 0 saturated carbocycles. The van der Waals surface area contributed by atoms with E-state index in [2.05, 4.69) is 0 Å². The van der Waals surface area contributed by atoms with Gasteiger partial charge in [-0.3, -0.25) is 4.55 Å². The maximum atomic E-state index is 10.5. The van der Waals surface area contributed by atoms with Gasteiger partial charge in [0.2, 0.25) is 0 Å². The minimum atomic E-state index is -4.03. The molecular weight excluding hydrogens is 186 g/mol. The summed E-state index contributed by atoms with van der Waals surface area (Å²) in [6, 6.07) is 2.91. The summed E-state index contributed by atoms with van der Waals surface area (Å²) < 4.78 is 29.5. The van der Waals surface area contributed by atoms with Gasteiger partial charge in [0.1, 0.15) is 4.21 Å². The number of thiophene rings is 1. The predicted molar refractivity (Wildman–Crippen MR) is 42.0 cm³/mol. The maximum Gasteiger partial charge on any atom is 0.304 e. The standard InChI is InChI=1S/C5H7NO3S2/c6-3-4-1-2-5(10-4)11(7,8)9/h1-2H,3,6H2,(H,7,8,9). The number of hydrogen-bond acceptors (Lipinski definition) is 4. The van der Waals surface area contributed by atoms with Crippen LogP contribution in [0.15, 0.2) is 16.3 Å². The highest BCUT2D eigenvalue weighted by molar-refractivity contribution is 7.88. The first-order valence-electron chi connectivity index (χ1n) is 2.80. The molecule has 0 bridgehead atoms. The van der Waals surface area contributed by atoms with Crippen LogP contribution in [0.4, 0.5) is 0 Å². The van der Waals surface area contributed by atoms with Crippen LogP contribution in [0.1, 0.15) is 4.88 Å². The van der Waals surface area contributed by atoms with Crippen molar-refractivity contribution in [1.29, 1.82) is 0 Å². The van der Waals surface area contributed by atoms with Crippen molar-refractivity contribution in [2.75, 3.05) is 0 Å². The molecule has 1 rings (SSSR count). The van der Waals surface area contributed by atoms with Crippen molar-refractivity contribution >= 4 is 21.5 Å². The number of nitrogens with two attached hydrogens (primary N) is 1. The average Bonchev–Trinajstić information content (AvgIpc) is 2.32. The van der Waals surface area contributed by atoms with Gasteiger partial charge in [0.15, 0.2) is 0 Å². The van der Waals surface area contributed by atoms with Gasteiger partial charge in [0.25, 0.3) is 0 Å². The third-order valence-electron chi connectivity index (χ3n) is 1.09. The first kappa shape index (κ1) is 8.66.